The lowest BCUT2D eigenvalue weighted by molar-refractivity contribution is -0.138. The molecule has 1 atom stereocenters. The summed E-state index contributed by atoms with van der Waals surface area (Å²) in [6.07, 6.45) is -2.53. The van der Waals surface area contributed by atoms with Crippen molar-refractivity contribution in [3.8, 4) is 5.75 Å². The van der Waals surface area contributed by atoms with Gasteiger partial charge in [0.25, 0.3) is 0 Å². The van der Waals surface area contributed by atoms with Crippen LogP contribution in [-0.4, -0.2) is 17.0 Å². The monoisotopic (exact) mass is 524 g/mol. The van der Waals surface area contributed by atoms with Crippen LogP contribution in [-0.2, 0) is 21.8 Å². The molecule has 7 heteroatoms. The van der Waals surface area contributed by atoms with E-state index < -0.39 is 29.6 Å². The molecule has 0 saturated carbocycles. The van der Waals surface area contributed by atoms with Gasteiger partial charge in [0.1, 0.15) is 5.75 Å². The van der Waals surface area contributed by atoms with E-state index in [1.54, 1.807) is 0 Å². The van der Waals surface area contributed by atoms with Gasteiger partial charge in [-0.3, -0.25) is 4.79 Å². The van der Waals surface area contributed by atoms with Crippen LogP contribution in [0.3, 0.4) is 0 Å². The number of halogens is 3. The third-order valence-electron chi connectivity index (χ3n) is 7.62. The van der Waals surface area contributed by atoms with Gasteiger partial charge in [0.2, 0.25) is 0 Å². The number of carboxylic acid groups (broad SMARTS) is 1. The molecule has 1 unspecified atom stereocenters. The molecule has 1 N–H and O–H groups in total. The lowest BCUT2D eigenvalue weighted by Crippen LogP contribution is -2.34. The normalized spacial score (nSPS) is 16.8. The summed E-state index contributed by atoms with van der Waals surface area (Å²) >= 11 is 0. The zero-order chi connectivity index (χ0) is 27.9. The molecule has 0 heterocycles. The van der Waals surface area contributed by atoms with Gasteiger partial charge in [0.15, 0.2) is 0 Å². The van der Waals surface area contributed by atoms with E-state index in [0.717, 1.165) is 30.5 Å². The van der Waals surface area contributed by atoms with Crippen molar-refractivity contribution in [2.75, 3.05) is 0 Å². The van der Waals surface area contributed by atoms with Gasteiger partial charge in [-0.2, -0.15) is 13.2 Å². The predicted octanol–water partition coefficient (Wildman–Crippen LogP) is 7.88. The minimum absolute atomic E-state index is 0.00567. The number of carbonyl (C=O) groups is 2. The predicted molar refractivity (Wildman–Crippen MR) is 139 cm³/mol. The summed E-state index contributed by atoms with van der Waals surface area (Å²) in [4.78, 5) is 24.1. The van der Waals surface area contributed by atoms with Crippen LogP contribution in [0.4, 0.5) is 13.2 Å². The molecular formula is C31H31F3O4. The number of rotatable bonds is 6. The Bertz CT molecular complexity index is 1340. The molecule has 4 rings (SSSR count). The van der Waals surface area contributed by atoms with Crippen molar-refractivity contribution in [2.24, 2.45) is 0 Å². The number of alkyl halides is 3. The lowest BCUT2D eigenvalue weighted by Gasteiger charge is -2.42. The second-order valence-corrected chi connectivity index (χ2v) is 11.3. The maximum Gasteiger partial charge on any atom is 0.416 e. The van der Waals surface area contributed by atoms with Crippen LogP contribution < -0.4 is 4.74 Å². The molecule has 1 aliphatic carbocycles. The van der Waals surface area contributed by atoms with Crippen molar-refractivity contribution in [3.05, 3.63) is 100 Å². The Morgan fingerprint density at radius 2 is 1.39 bits per heavy atom. The van der Waals surface area contributed by atoms with E-state index in [-0.39, 0.29) is 28.6 Å². The van der Waals surface area contributed by atoms with Gasteiger partial charge in [-0.15, -0.1) is 0 Å². The van der Waals surface area contributed by atoms with Crippen LogP contribution >= 0.6 is 0 Å². The van der Waals surface area contributed by atoms with Crippen molar-refractivity contribution < 1.29 is 32.6 Å². The van der Waals surface area contributed by atoms with Crippen LogP contribution in [0.15, 0.2) is 66.7 Å². The molecule has 0 radical (unpaired) electrons. The van der Waals surface area contributed by atoms with Gasteiger partial charge in [0, 0.05) is 5.92 Å². The summed E-state index contributed by atoms with van der Waals surface area (Å²) in [5, 5.41) is 9.07. The summed E-state index contributed by atoms with van der Waals surface area (Å²) in [5.74, 6) is -2.01. The fourth-order valence-corrected chi connectivity index (χ4v) is 5.16. The molecule has 3 aromatic rings. The van der Waals surface area contributed by atoms with Crippen LogP contribution in [0.25, 0.3) is 0 Å². The Hall–Kier alpha value is -3.61. The van der Waals surface area contributed by atoms with Crippen molar-refractivity contribution in [1.82, 2.24) is 0 Å². The van der Waals surface area contributed by atoms with Gasteiger partial charge >= 0.3 is 18.1 Å². The fraction of sp³-hybridized carbons (Fsp3) is 0.355. The van der Waals surface area contributed by atoms with Gasteiger partial charge in [-0.1, -0.05) is 58.0 Å². The van der Waals surface area contributed by atoms with Crippen molar-refractivity contribution >= 4 is 11.9 Å². The first-order chi connectivity index (χ1) is 17.7. The molecule has 0 saturated heterocycles. The van der Waals surface area contributed by atoms with E-state index in [1.807, 2.05) is 6.07 Å². The summed E-state index contributed by atoms with van der Waals surface area (Å²) in [6.45, 7) is 8.79. The summed E-state index contributed by atoms with van der Waals surface area (Å²) in [6, 6.07) is 16.5. The first-order valence-electron chi connectivity index (χ1n) is 12.5. The Balaban J connectivity index is 1.70. The van der Waals surface area contributed by atoms with E-state index in [1.165, 1.54) is 47.5 Å². The fourth-order valence-electron chi connectivity index (χ4n) is 5.16. The quantitative estimate of drug-likeness (QED) is 0.263. The molecule has 4 nitrogen and oxygen atoms in total. The number of carboxylic acids is 1. The first kappa shape index (κ1) is 27.4. The molecule has 0 spiro atoms. The van der Waals surface area contributed by atoms with Crippen LogP contribution in [0.5, 0.6) is 5.75 Å². The number of aromatic carboxylic acids is 1. The number of carbonyl (C=O) groups excluding carboxylic acids is 1. The summed E-state index contributed by atoms with van der Waals surface area (Å²) < 4.78 is 45.1. The third-order valence-corrected chi connectivity index (χ3v) is 7.62. The zero-order valence-electron chi connectivity index (χ0n) is 21.9. The minimum Gasteiger partial charge on any atom is -0.478 e. The number of hydrogen-bond acceptors (Lipinski definition) is 3. The number of ether oxygens (including phenoxy) is 1. The highest BCUT2D eigenvalue weighted by molar-refractivity contribution is 5.87. The highest BCUT2D eigenvalue weighted by Crippen LogP contribution is 2.47. The number of hydrogen-bond donors (Lipinski definition) is 1. The van der Waals surface area contributed by atoms with Gasteiger partial charge in [-0.05, 0) is 82.3 Å². The standard InChI is InChI=1S/C31H31F3O4/c1-29(2)15-16-30(3,4)26-17-21(9-14-25(26)29)24(19-5-10-22(11-6-19)31(32,33)34)18-27(35)38-23-12-7-20(8-13-23)28(36)37/h5-14,17,24H,15-16,18H2,1-4H3,(H,36,37). The highest BCUT2D eigenvalue weighted by Gasteiger charge is 2.37. The summed E-state index contributed by atoms with van der Waals surface area (Å²) in [7, 11) is 0. The molecule has 0 aliphatic heterocycles. The number of fused-ring (bicyclic) bond motifs is 1. The topological polar surface area (TPSA) is 63.6 Å². The average Bonchev–Trinajstić information content (AvgIpc) is 2.85. The largest absolute Gasteiger partial charge is 0.478 e. The van der Waals surface area contributed by atoms with Crippen LogP contribution in [0, 0.1) is 0 Å². The van der Waals surface area contributed by atoms with E-state index in [0.29, 0.717) is 5.56 Å². The highest BCUT2D eigenvalue weighted by atomic mass is 19.4. The molecule has 0 aromatic heterocycles. The van der Waals surface area contributed by atoms with E-state index >= 15 is 0 Å². The SMILES string of the molecule is CC1(C)CCC(C)(C)c2cc(C(CC(=O)Oc3ccc(C(=O)O)cc3)c3ccc(C(F)(F)F)cc3)ccc21. The number of benzene rings is 3. The molecule has 0 amide bonds. The third kappa shape index (κ3) is 5.77. The second kappa shape index (κ2) is 9.93. The Morgan fingerprint density at radius 1 is 0.842 bits per heavy atom. The van der Waals surface area contributed by atoms with Crippen LogP contribution in [0.1, 0.15) is 91.1 Å². The first-order valence-corrected chi connectivity index (χ1v) is 12.5. The maximum absolute atomic E-state index is 13.2. The molecule has 0 fully saturated rings. The minimum atomic E-state index is -4.46. The Morgan fingerprint density at radius 3 is 1.95 bits per heavy atom. The molecule has 200 valence electrons. The van der Waals surface area contributed by atoms with Crippen molar-refractivity contribution in [3.63, 3.8) is 0 Å². The molecule has 3 aromatic carbocycles. The molecular weight excluding hydrogens is 493 g/mol. The second-order valence-electron chi connectivity index (χ2n) is 11.3. The lowest BCUT2D eigenvalue weighted by atomic mass is 9.62. The summed E-state index contributed by atoms with van der Waals surface area (Å²) in [5.41, 5.74) is 3.04. The molecule has 38 heavy (non-hydrogen) atoms. The van der Waals surface area contributed by atoms with Crippen LogP contribution in [0.2, 0.25) is 0 Å². The zero-order valence-corrected chi connectivity index (χ0v) is 21.9. The van der Waals surface area contributed by atoms with E-state index in [4.69, 9.17) is 9.84 Å². The van der Waals surface area contributed by atoms with Gasteiger partial charge in [0.05, 0.1) is 17.5 Å². The van der Waals surface area contributed by atoms with Gasteiger partial charge in [-0.25, -0.2) is 4.79 Å². The van der Waals surface area contributed by atoms with Gasteiger partial charge < -0.3 is 9.84 Å². The Kier molecular flexibility index (Phi) is 7.17. The smallest absolute Gasteiger partial charge is 0.416 e. The number of esters is 1. The molecule has 0 bridgehead atoms. The molecule has 1 aliphatic rings. The Labute approximate surface area is 220 Å². The van der Waals surface area contributed by atoms with E-state index in [9.17, 15) is 22.8 Å². The van der Waals surface area contributed by atoms with Crippen molar-refractivity contribution in [1.29, 1.82) is 0 Å². The maximum atomic E-state index is 13.2. The van der Waals surface area contributed by atoms with E-state index in [2.05, 4.69) is 39.8 Å². The van der Waals surface area contributed by atoms with Crippen molar-refractivity contribution in [2.45, 2.75) is 69.9 Å². The average molecular weight is 525 g/mol.